The highest BCUT2D eigenvalue weighted by molar-refractivity contribution is 5.96. The number of carbonyl (C=O) groups is 1. The van der Waals surface area contributed by atoms with Crippen LogP contribution in [0.25, 0.3) is 22.3 Å². The second-order valence-corrected chi connectivity index (χ2v) is 9.13. The molecule has 0 bridgehead atoms. The van der Waals surface area contributed by atoms with E-state index in [0.717, 1.165) is 0 Å². The molecule has 3 N–H and O–H groups in total. The normalized spacial score (nSPS) is 18.0. The summed E-state index contributed by atoms with van der Waals surface area (Å²) >= 11 is 0. The van der Waals surface area contributed by atoms with Crippen LogP contribution in [0.3, 0.4) is 0 Å². The minimum absolute atomic E-state index is 0.0241. The van der Waals surface area contributed by atoms with Crippen molar-refractivity contribution in [3.05, 3.63) is 48.3 Å². The number of benzene rings is 2. The molecule has 1 aromatic heterocycles. The van der Waals surface area contributed by atoms with Gasteiger partial charge in [0.15, 0.2) is 11.6 Å². The predicted molar refractivity (Wildman–Crippen MR) is 121 cm³/mol. The van der Waals surface area contributed by atoms with Gasteiger partial charge in [-0.3, -0.25) is 4.79 Å². The summed E-state index contributed by atoms with van der Waals surface area (Å²) in [5.74, 6) is -0.0644. The maximum absolute atomic E-state index is 14.2. The lowest BCUT2D eigenvalue weighted by molar-refractivity contribution is -0.133. The van der Waals surface area contributed by atoms with Crippen LogP contribution in [-0.4, -0.2) is 57.7 Å². The maximum Gasteiger partial charge on any atom is 0.185 e. The number of anilines is 1. The fourth-order valence-corrected chi connectivity index (χ4v) is 3.91. The SMILES string of the molecule is CC(C)(C)[C@H](O)C(=O)C1CNCCN1c1nc(-c2ccccc2O)nc2ccc(F)cc12. The van der Waals surface area contributed by atoms with Crippen molar-refractivity contribution >= 4 is 22.5 Å². The molecule has 0 spiro atoms. The molecular formula is C24H27FN4O3. The van der Waals surface area contributed by atoms with Crippen molar-refractivity contribution in [3.8, 4) is 17.1 Å². The van der Waals surface area contributed by atoms with Crippen molar-refractivity contribution < 1.29 is 19.4 Å². The Morgan fingerprint density at radius 2 is 1.97 bits per heavy atom. The van der Waals surface area contributed by atoms with E-state index in [-0.39, 0.29) is 17.4 Å². The van der Waals surface area contributed by atoms with E-state index in [1.54, 1.807) is 35.2 Å². The summed E-state index contributed by atoms with van der Waals surface area (Å²) < 4.78 is 14.2. The van der Waals surface area contributed by atoms with Gasteiger partial charge in [-0.2, -0.15) is 0 Å². The zero-order valence-electron chi connectivity index (χ0n) is 18.3. The second kappa shape index (κ2) is 8.44. The summed E-state index contributed by atoms with van der Waals surface area (Å²) in [5, 5.41) is 24.7. The molecule has 2 aromatic carbocycles. The molecule has 1 unspecified atom stereocenters. The van der Waals surface area contributed by atoms with E-state index in [2.05, 4.69) is 15.3 Å². The lowest BCUT2D eigenvalue weighted by Gasteiger charge is -2.39. The Hall–Kier alpha value is -3.10. The van der Waals surface area contributed by atoms with Crippen molar-refractivity contribution in [2.24, 2.45) is 5.41 Å². The van der Waals surface area contributed by atoms with Crippen molar-refractivity contribution in [3.63, 3.8) is 0 Å². The first kappa shape index (κ1) is 22.1. The molecule has 0 radical (unpaired) electrons. The molecule has 0 amide bonds. The topological polar surface area (TPSA) is 98.6 Å². The molecule has 3 aromatic rings. The number of hydrogen-bond acceptors (Lipinski definition) is 7. The molecule has 1 fully saturated rings. The number of nitrogens with one attached hydrogen (secondary N) is 1. The summed E-state index contributed by atoms with van der Waals surface area (Å²) in [6, 6.07) is 10.3. The number of para-hydroxylation sites is 1. The number of carbonyl (C=O) groups excluding carboxylic acids is 1. The van der Waals surface area contributed by atoms with Crippen LogP contribution < -0.4 is 10.2 Å². The smallest absolute Gasteiger partial charge is 0.185 e. The third kappa shape index (κ3) is 4.16. The lowest BCUT2D eigenvalue weighted by atomic mass is 9.84. The number of piperazine rings is 1. The number of phenols is 1. The van der Waals surface area contributed by atoms with E-state index in [0.29, 0.717) is 41.9 Å². The van der Waals surface area contributed by atoms with Gasteiger partial charge in [-0.05, 0) is 35.7 Å². The van der Waals surface area contributed by atoms with Gasteiger partial charge in [0, 0.05) is 25.0 Å². The molecule has 32 heavy (non-hydrogen) atoms. The Morgan fingerprint density at radius 1 is 1.22 bits per heavy atom. The fourth-order valence-electron chi connectivity index (χ4n) is 3.91. The molecule has 1 aliphatic heterocycles. The zero-order valence-corrected chi connectivity index (χ0v) is 18.3. The fraction of sp³-hybridized carbons (Fsp3) is 0.375. The molecule has 2 heterocycles. The summed E-state index contributed by atoms with van der Waals surface area (Å²) in [7, 11) is 0. The van der Waals surface area contributed by atoms with Gasteiger partial charge in [-0.1, -0.05) is 32.9 Å². The van der Waals surface area contributed by atoms with Crippen LogP contribution >= 0.6 is 0 Å². The summed E-state index contributed by atoms with van der Waals surface area (Å²) in [6.45, 7) is 6.79. The van der Waals surface area contributed by atoms with E-state index < -0.39 is 23.4 Å². The number of halogens is 1. The predicted octanol–water partition coefficient (Wildman–Crippen LogP) is 2.90. The number of aliphatic hydroxyl groups is 1. The average Bonchev–Trinajstić information content (AvgIpc) is 2.77. The molecule has 0 saturated carbocycles. The molecule has 168 valence electrons. The van der Waals surface area contributed by atoms with Crippen molar-refractivity contribution in [2.45, 2.75) is 32.9 Å². The van der Waals surface area contributed by atoms with Gasteiger partial charge in [0.2, 0.25) is 0 Å². The number of aromatic hydroxyl groups is 1. The minimum Gasteiger partial charge on any atom is -0.507 e. The Bertz CT molecular complexity index is 1160. The highest BCUT2D eigenvalue weighted by Gasteiger charge is 2.39. The molecule has 7 nitrogen and oxygen atoms in total. The number of ketones is 1. The van der Waals surface area contributed by atoms with Gasteiger partial charge < -0.3 is 20.4 Å². The summed E-state index contributed by atoms with van der Waals surface area (Å²) in [6.07, 6.45) is -1.17. The highest BCUT2D eigenvalue weighted by atomic mass is 19.1. The van der Waals surface area contributed by atoms with Gasteiger partial charge in [0.25, 0.3) is 0 Å². The zero-order chi connectivity index (χ0) is 23.0. The first-order valence-electron chi connectivity index (χ1n) is 10.6. The number of aromatic nitrogens is 2. The molecule has 1 saturated heterocycles. The monoisotopic (exact) mass is 438 g/mol. The van der Waals surface area contributed by atoms with E-state index in [1.165, 1.54) is 12.1 Å². The first-order valence-corrected chi connectivity index (χ1v) is 10.6. The van der Waals surface area contributed by atoms with Gasteiger partial charge in [0.05, 0.1) is 11.1 Å². The third-order valence-electron chi connectivity index (χ3n) is 5.72. The van der Waals surface area contributed by atoms with Crippen LogP contribution in [0.1, 0.15) is 20.8 Å². The van der Waals surface area contributed by atoms with Crippen molar-refractivity contribution in [1.82, 2.24) is 15.3 Å². The Morgan fingerprint density at radius 3 is 2.69 bits per heavy atom. The number of nitrogens with zero attached hydrogens (tertiary/aromatic N) is 3. The molecule has 4 rings (SSSR count). The van der Waals surface area contributed by atoms with Gasteiger partial charge in [-0.15, -0.1) is 0 Å². The second-order valence-electron chi connectivity index (χ2n) is 9.13. The number of hydrogen-bond donors (Lipinski definition) is 3. The summed E-state index contributed by atoms with van der Waals surface area (Å²) in [4.78, 5) is 24.3. The van der Waals surface area contributed by atoms with E-state index in [9.17, 15) is 19.4 Å². The minimum atomic E-state index is -1.17. The van der Waals surface area contributed by atoms with Crippen LogP contribution in [0.5, 0.6) is 5.75 Å². The Labute approximate surface area is 185 Å². The molecular weight excluding hydrogens is 411 g/mol. The van der Waals surface area contributed by atoms with E-state index in [4.69, 9.17) is 0 Å². The molecule has 0 aliphatic carbocycles. The van der Waals surface area contributed by atoms with Gasteiger partial charge in [-0.25, -0.2) is 14.4 Å². The standard InChI is InChI=1S/C24H27FN4O3/c1-24(2,3)21(32)20(31)18-13-26-10-11-29(18)23-16-12-14(25)8-9-17(16)27-22(28-23)15-6-4-5-7-19(15)30/h4-9,12,18,21,26,30,32H,10-11,13H2,1-3H3/t18?,21-/m1/s1. The molecule has 1 aliphatic rings. The van der Waals surface area contributed by atoms with Crippen LogP contribution in [0.2, 0.25) is 0 Å². The maximum atomic E-state index is 14.2. The van der Waals surface area contributed by atoms with E-state index >= 15 is 0 Å². The van der Waals surface area contributed by atoms with Crippen LogP contribution in [0, 0.1) is 11.2 Å². The highest BCUT2D eigenvalue weighted by Crippen LogP contribution is 2.33. The Kier molecular flexibility index (Phi) is 5.83. The number of aliphatic hydroxyl groups excluding tert-OH is 1. The number of phenolic OH excluding ortho intramolecular Hbond substituents is 1. The van der Waals surface area contributed by atoms with Crippen LogP contribution in [0.4, 0.5) is 10.2 Å². The number of Topliss-reactive ketones (excluding diaryl/α,β-unsaturated/α-hetero) is 1. The number of rotatable bonds is 4. The van der Waals surface area contributed by atoms with Crippen molar-refractivity contribution in [2.75, 3.05) is 24.5 Å². The van der Waals surface area contributed by atoms with Gasteiger partial charge in [0.1, 0.15) is 29.5 Å². The van der Waals surface area contributed by atoms with Crippen molar-refractivity contribution in [1.29, 1.82) is 0 Å². The first-order chi connectivity index (χ1) is 15.2. The summed E-state index contributed by atoms with van der Waals surface area (Å²) in [5.41, 5.74) is 0.310. The van der Waals surface area contributed by atoms with Gasteiger partial charge >= 0.3 is 0 Å². The van der Waals surface area contributed by atoms with E-state index in [1.807, 2.05) is 20.8 Å². The Balaban J connectivity index is 1.88. The largest absolute Gasteiger partial charge is 0.507 e. The molecule has 2 atom stereocenters. The third-order valence-corrected chi connectivity index (χ3v) is 5.72. The van der Waals surface area contributed by atoms with Crippen LogP contribution in [-0.2, 0) is 4.79 Å². The van der Waals surface area contributed by atoms with Crippen LogP contribution in [0.15, 0.2) is 42.5 Å². The average molecular weight is 439 g/mol. The molecule has 8 heteroatoms. The lowest BCUT2D eigenvalue weighted by Crippen LogP contribution is -2.59. The number of fused-ring (bicyclic) bond motifs is 1. The quantitative estimate of drug-likeness (QED) is 0.576.